The van der Waals surface area contributed by atoms with E-state index in [2.05, 4.69) is 11.4 Å². The van der Waals surface area contributed by atoms with E-state index in [1.54, 1.807) is 6.92 Å². The summed E-state index contributed by atoms with van der Waals surface area (Å²) in [6.07, 6.45) is -0.620. The monoisotopic (exact) mass is 367 g/mol. The molecule has 0 aliphatic heterocycles. The van der Waals surface area contributed by atoms with Gasteiger partial charge >= 0.3 is 0 Å². The molecule has 0 bridgehead atoms. The van der Waals surface area contributed by atoms with Gasteiger partial charge in [0, 0.05) is 11.3 Å². The maximum absolute atomic E-state index is 12.7. The molecule has 28 heavy (non-hydrogen) atoms. The van der Waals surface area contributed by atoms with Gasteiger partial charge in [-0.1, -0.05) is 78.9 Å². The molecular weight excluding hydrogens is 346 g/mol. The van der Waals surface area contributed by atoms with Gasteiger partial charge in [-0.2, -0.15) is 0 Å². The highest BCUT2D eigenvalue weighted by atomic mass is 16.5. The van der Waals surface area contributed by atoms with Crippen LogP contribution in [0.1, 0.15) is 6.92 Å². The Labute approximate surface area is 164 Å². The first-order chi connectivity index (χ1) is 13.7. The number of ether oxygens (including phenoxy) is 1. The molecule has 4 rings (SSSR count). The van der Waals surface area contributed by atoms with Gasteiger partial charge < -0.3 is 10.1 Å². The molecule has 138 valence electrons. The normalized spacial score (nSPS) is 11.8. The molecule has 0 radical (unpaired) electrons. The predicted molar refractivity (Wildman–Crippen MR) is 115 cm³/mol. The number of nitrogens with one attached hydrogen (secondary N) is 1. The smallest absolute Gasteiger partial charge is 0.265 e. The Bertz CT molecular complexity index is 1110. The fraction of sp³-hybridized carbons (Fsp3) is 0.0800. The standard InChI is InChI=1S/C25H21NO2/c1-18(28-22-16-15-19-9-5-6-12-21(19)17-22)25(27)26-24-14-8-7-13-23(24)20-10-3-2-4-11-20/h2-18H,1H3,(H,26,27)/t18-/m0/s1. The van der Waals surface area contributed by atoms with E-state index in [1.165, 1.54) is 0 Å². The lowest BCUT2D eigenvalue weighted by atomic mass is 10.0. The minimum absolute atomic E-state index is 0.184. The van der Waals surface area contributed by atoms with Gasteiger partial charge in [-0.05, 0) is 41.5 Å². The molecule has 0 fully saturated rings. The van der Waals surface area contributed by atoms with Gasteiger partial charge in [0.05, 0.1) is 0 Å². The minimum Gasteiger partial charge on any atom is -0.481 e. The van der Waals surface area contributed by atoms with E-state index >= 15 is 0 Å². The van der Waals surface area contributed by atoms with Crippen molar-refractivity contribution in [3.05, 3.63) is 97.1 Å². The third-order valence-electron chi connectivity index (χ3n) is 4.67. The number of amides is 1. The van der Waals surface area contributed by atoms with Crippen molar-refractivity contribution in [3.8, 4) is 16.9 Å². The van der Waals surface area contributed by atoms with Crippen LogP contribution in [0.3, 0.4) is 0 Å². The number of fused-ring (bicyclic) bond motifs is 1. The average molecular weight is 367 g/mol. The Morgan fingerprint density at radius 1 is 0.786 bits per heavy atom. The topological polar surface area (TPSA) is 38.3 Å². The summed E-state index contributed by atoms with van der Waals surface area (Å²) in [6, 6.07) is 31.7. The molecule has 3 heteroatoms. The number of hydrogen-bond donors (Lipinski definition) is 1. The molecule has 0 saturated carbocycles. The van der Waals surface area contributed by atoms with Crippen LogP contribution in [0.25, 0.3) is 21.9 Å². The van der Waals surface area contributed by atoms with Crippen molar-refractivity contribution < 1.29 is 9.53 Å². The molecule has 0 aliphatic carbocycles. The third kappa shape index (κ3) is 3.89. The highest BCUT2D eigenvalue weighted by molar-refractivity contribution is 5.98. The largest absolute Gasteiger partial charge is 0.481 e. The van der Waals surface area contributed by atoms with Crippen LogP contribution in [0.15, 0.2) is 97.1 Å². The fourth-order valence-electron chi connectivity index (χ4n) is 3.19. The van der Waals surface area contributed by atoms with Gasteiger partial charge in [0.15, 0.2) is 6.10 Å². The number of para-hydroxylation sites is 1. The Morgan fingerprint density at radius 2 is 1.46 bits per heavy atom. The highest BCUT2D eigenvalue weighted by Gasteiger charge is 2.17. The SMILES string of the molecule is C[C@H](Oc1ccc2ccccc2c1)C(=O)Nc1ccccc1-c1ccccc1. The van der Waals surface area contributed by atoms with Crippen molar-refractivity contribution in [2.24, 2.45) is 0 Å². The van der Waals surface area contributed by atoms with Crippen LogP contribution in [-0.2, 0) is 4.79 Å². The Hall–Kier alpha value is -3.59. The molecule has 0 aliphatic rings. The van der Waals surface area contributed by atoms with Gasteiger partial charge in [-0.3, -0.25) is 4.79 Å². The Kier molecular flexibility index (Phi) is 5.07. The lowest BCUT2D eigenvalue weighted by molar-refractivity contribution is -0.122. The number of rotatable bonds is 5. The van der Waals surface area contributed by atoms with E-state index in [4.69, 9.17) is 4.74 Å². The molecule has 0 saturated heterocycles. The summed E-state index contributed by atoms with van der Waals surface area (Å²) in [4.78, 5) is 12.7. The summed E-state index contributed by atoms with van der Waals surface area (Å²) in [6.45, 7) is 1.76. The van der Waals surface area contributed by atoms with Crippen LogP contribution >= 0.6 is 0 Å². The molecule has 1 atom stereocenters. The number of carbonyl (C=O) groups excluding carboxylic acids is 1. The third-order valence-corrected chi connectivity index (χ3v) is 4.67. The van der Waals surface area contributed by atoms with Crippen molar-refractivity contribution in [3.63, 3.8) is 0 Å². The van der Waals surface area contributed by atoms with Crippen molar-refractivity contribution >= 4 is 22.4 Å². The first-order valence-corrected chi connectivity index (χ1v) is 9.31. The molecule has 1 amide bonds. The van der Waals surface area contributed by atoms with E-state index in [0.717, 1.165) is 27.6 Å². The maximum atomic E-state index is 12.7. The Morgan fingerprint density at radius 3 is 2.29 bits per heavy atom. The summed E-state index contributed by atoms with van der Waals surface area (Å²) in [5.41, 5.74) is 2.81. The van der Waals surface area contributed by atoms with Crippen LogP contribution < -0.4 is 10.1 Å². The molecule has 0 spiro atoms. The van der Waals surface area contributed by atoms with Crippen LogP contribution in [0.2, 0.25) is 0 Å². The van der Waals surface area contributed by atoms with E-state index < -0.39 is 6.10 Å². The number of benzene rings is 4. The Balaban J connectivity index is 1.50. The minimum atomic E-state index is -0.620. The summed E-state index contributed by atoms with van der Waals surface area (Å²) >= 11 is 0. The molecule has 1 N–H and O–H groups in total. The first kappa shape index (κ1) is 17.8. The molecule has 0 heterocycles. The van der Waals surface area contributed by atoms with Crippen molar-refractivity contribution in [2.45, 2.75) is 13.0 Å². The lowest BCUT2D eigenvalue weighted by Gasteiger charge is -2.17. The van der Waals surface area contributed by atoms with Gasteiger partial charge in [0.1, 0.15) is 5.75 Å². The number of hydrogen-bond acceptors (Lipinski definition) is 2. The predicted octanol–water partition coefficient (Wildman–Crippen LogP) is 5.91. The first-order valence-electron chi connectivity index (χ1n) is 9.31. The molecule has 0 aromatic heterocycles. The second-order valence-electron chi connectivity index (χ2n) is 6.67. The van der Waals surface area contributed by atoms with Crippen molar-refractivity contribution in [1.29, 1.82) is 0 Å². The summed E-state index contributed by atoms with van der Waals surface area (Å²) in [7, 11) is 0. The number of carbonyl (C=O) groups is 1. The highest BCUT2D eigenvalue weighted by Crippen LogP contribution is 2.28. The molecule has 3 nitrogen and oxygen atoms in total. The fourth-order valence-corrected chi connectivity index (χ4v) is 3.19. The van der Waals surface area contributed by atoms with Crippen LogP contribution in [0, 0.1) is 0 Å². The molecule has 4 aromatic rings. The van der Waals surface area contributed by atoms with Gasteiger partial charge in [0.2, 0.25) is 0 Å². The van der Waals surface area contributed by atoms with Crippen molar-refractivity contribution in [2.75, 3.05) is 5.32 Å². The zero-order chi connectivity index (χ0) is 19.3. The lowest BCUT2D eigenvalue weighted by Crippen LogP contribution is -2.30. The zero-order valence-corrected chi connectivity index (χ0v) is 15.6. The molecular formula is C25H21NO2. The summed E-state index contributed by atoms with van der Waals surface area (Å²) in [5, 5.41) is 5.23. The van der Waals surface area contributed by atoms with Crippen LogP contribution in [0.4, 0.5) is 5.69 Å². The van der Waals surface area contributed by atoms with E-state index in [1.807, 2.05) is 91.0 Å². The van der Waals surface area contributed by atoms with Gasteiger partial charge in [-0.25, -0.2) is 0 Å². The van der Waals surface area contributed by atoms with Gasteiger partial charge in [0.25, 0.3) is 5.91 Å². The average Bonchev–Trinajstić information content (AvgIpc) is 2.74. The van der Waals surface area contributed by atoms with Crippen molar-refractivity contribution in [1.82, 2.24) is 0 Å². The second kappa shape index (κ2) is 7.97. The molecule has 4 aromatic carbocycles. The quantitative estimate of drug-likeness (QED) is 0.476. The van der Waals surface area contributed by atoms with Crippen LogP contribution in [0.5, 0.6) is 5.75 Å². The number of anilines is 1. The van der Waals surface area contributed by atoms with E-state index in [0.29, 0.717) is 5.75 Å². The maximum Gasteiger partial charge on any atom is 0.265 e. The second-order valence-corrected chi connectivity index (χ2v) is 6.67. The van der Waals surface area contributed by atoms with E-state index in [9.17, 15) is 4.79 Å². The van der Waals surface area contributed by atoms with Gasteiger partial charge in [-0.15, -0.1) is 0 Å². The molecule has 0 unspecified atom stereocenters. The summed E-state index contributed by atoms with van der Waals surface area (Å²) in [5.74, 6) is 0.495. The van der Waals surface area contributed by atoms with Crippen LogP contribution in [-0.4, -0.2) is 12.0 Å². The summed E-state index contributed by atoms with van der Waals surface area (Å²) < 4.78 is 5.89. The van der Waals surface area contributed by atoms with E-state index in [-0.39, 0.29) is 5.91 Å². The zero-order valence-electron chi connectivity index (χ0n) is 15.6.